The summed E-state index contributed by atoms with van der Waals surface area (Å²) >= 11 is 3.33. The van der Waals surface area contributed by atoms with Crippen LogP contribution in [0.3, 0.4) is 0 Å². The number of nitrogens with zero attached hydrogens (tertiary/aromatic N) is 3. The molecule has 0 amide bonds. The third-order valence-electron chi connectivity index (χ3n) is 2.30. The highest BCUT2D eigenvalue weighted by molar-refractivity contribution is 9.10. The molecule has 0 radical (unpaired) electrons. The van der Waals surface area contributed by atoms with Crippen LogP contribution in [-0.2, 0) is 0 Å². The highest BCUT2D eigenvalue weighted by Gasteiger charge is 2.17. The van der Waals surface area contributed by atoms with Crippen molar-refractivity contribution in [2.24, 2.45) is 0 Å². The number of aromatic nitrogens is 3. The Balaban J connectivity index is 2.62. The lowest BCUT2D eigenvalue weighted by molar-refractivity contribution is 0.0696. The Kier molecular flexibility index (Phi) is 3.24. The van der Waals surface area contributed by atoms with Gasteiger partial charge in [-0.15, -0.1) is 0 Å². The van der Waals surface area contributed by atoms with Crippen LogP contribution in [-0.4, -0.2) is 26.0 Å². The summed E-state index contributed by atoms with van der Waals surface area (Å²) in [5.41, 5.74) is 6.38. The number of anilines is 1. The Morgan fingerprint density at radius 1 is 1.44 bits per heavy atom. The fourth-order valence-corrected chi connectivity index (χ4v) is 1.95. The first-order chi connectivity index (χ1) is 8.50. The highest BCUT2D eigenvalue weighted by Crippen LogP contribution is 2.25. The van der Waals surface area contributed by atoms with Crippen LogP contribution in [0.4, 0.5) is 5.82 Å². The predicted octanol–water partition coefficient (Wildman–Crippen LogP) is 1.89. The summed E-state index contributed by atoms with van der Waals surface area (Å²) in [6.45, 7) is 1.57. The van der Waals surface area contributed by atoms with Crippen LogP contribution < -0.4 is 5.73 Å². The average molecular weight is 309 g/mol. The summed E-state index contributed by atoms with van der Waals surface area (Å²) in [5, 5.41) is 8.98. The van der Waals surface area contributed by atoms with Gasteiger partial charge in [0, 0.05) is 10.7 Å². The molecule has 0 saturated heterocycles. The standard InChI is InChI=1S/C11H9BrN4O2/c1-5-7(11(17)18)9(13)16-10(15-5)8-6(12)3-2-4-14-8/h2-4H,1H3,(H,17,18)(H2,13,15,16). The van der Waals surface area contributed by atoms with Gasteiger partial charge in [-0.25, -0.2) is 14.8 Å². The zero-order valence-electron chi connectivity index (χ0n) is 9.38. The molecule has 3 N–H and O–H groups in total. The van der Waals surface area contributed by atoms with E-state index in [0.29, 0.717) is 21.7 Å². The number of nitrogens with two attached hydrogens (primary N) is 1. The second-order valence-corrected chi connectivity index (χ2v) is 4.39. The van der Waals surface area contributed by atoms with Crippen molar-refractivity contribution in [3.8, 4) is 11.5 Å². The molecule has 92 valence electrons. The van der Waals surface area contributed by atoms with E-state index in [4.69, 9.17) is 10.8 Å². The molecule has 18 heavy (non-hydrogen) atoms. The van der Waals surface area contributed by atoms with Gasteiger partial charge < -0.3 is 10.8 Å². The summed E-state index contributed by atoms with van der Waals surface area (Å²) in [7, 11) is 0. The molecule has 2 rings (SSSR count). The minimum Gasteiger partial charge on any atom is -0.477 e. The molecule has 0 aliphatic rings. The number of halogens is 1. The fourth-order valence-electron chi connectivity index (χ4n) is 1.52. The smallest absolute Gasteiger partial charge is 0.341 e. The van der Waals surface area contributed by atoms with Gasteiger partial charge in [-0.1, -0.05) is 0 Å². The lowest BCUT2D eigenvalue weighted by atomic mass is 10.2. The molecule has 2 aromatic rings. The molecule has 0 spiro atoms. The predicted molar refractivity (Wildman–Crippen MR) is 69.1 cm³/mol. The highest BCUT2D eigenvalue weighted by atomic mass is 79.9. The van der Waals surface area contributed by atoms with E-state index < -0.39 is 5.97 Å². The first-order valence-corrected chi connectivity index (χ1v) is 5.78. The molecule has 0 saturated carbocycles. The van der Waals surface area contributed by atoms with Crippen LogP contribution in [0.25, 0.3) is 11.5 Å². The van der Waals surface area contributed by atoms with Gasteiger partial charge in [0.2, 0.25) is 0 Å². The number of carboxylic acid groups (broad SMARTS) is 1. The molecule has 6 nitrogen and oxygen atoms in total. The molecule has 0 aliphatic heterocycles. The summed E-state index contributed by atoms with van der Waals surface area (Å²) in [5.74, 6) is -0.915. The van der Waals surface area contributed by atoms with E-state index >= 15 is 0 Å². The van der Waals surface area contributed by atoms with Crippen molar-refractivity contribution in [3.05, 3.63) is 34.1 Å². The van der Waals surface area contributed by atoms with Crippen LogP contribution >= 0.6 is 15.9 Å². The molecule has 0 atom stereocenters. The largest absolute Gasteiger partial charge is 0.477 e. The van der Waals surface area contributed by atoms with E-state index in [1.807, 2.05) is 0 Å². The normalized spacial score (nSPS) is 10.3. The maximum Gasteiger partial charge on any atom is 0.341 e. The third kappa shape index (κ3) is 2.17. The molecule has 0 aromatic carbocycles. The number of aryl methyl sites for hydroxylation is 1. The lowest BCUT2D eigenvalue weighted by Crippen LogP contribution is -2.10. The Hall–Kier alpha value is -2.02. The molecule has 0 bridgehead atoms. The molecular formula is C11H9BrN4O2. The van der Waals surface area contributed by atoms with E-state index in [0.717, 1.165) is 0 Å². The van der Waals surface area contributed by atoms with Gasteiger partial charge >= 0.3 is 5.97 Å². The van der Waals surface area contributed by atoms with Gasteiger partial charge in [-0.05, 0) is 35.0 Å². The van der Waals surface area contributed by atoms with Gasteiger partial charge in [0.1, 0.15) is 17.1 Å². The zero-order valence-corrected chi connectivity index (χ0v) is 11.0. The zero-order chi connectivity index (χ0) is 13.3. The van der Waals surface area contributed by atoms with Crippen molar-refractivity contribution in [1.82, 2.24) is 15.0 Å². The first-order valence-electron chi connectivity index (χ1n) is 4.99. The second-order valence-electron chi connectivity index (χ2n) is 3.53. The Labute approximate surface area is 111 Å². The van der Waals surface area contributed by atoms with Crippen LogP contribution in [0.1, 0.15) is 16.1 Å². The monoisotopic (exact) mass is 308 g/mol. The number of aromatic carboxylic acids is 1. The average Bonchev–Trinajstić information content (AvgIpc) is 2.27. The van der Waals surface area contributed by atoms with Gasteiger partial charge in [-0.2, -0.15) is 0 Å². The fraction of sp³-hybridized carbons (Fsp3) is 0.0909. The minimum absolute atomic E-state index is 0.0671. The third-order valence-corrected chi connectivity index (χ3v) is 2.94. The van der Waals surface area contributed by atoms with Crippen molar-refractivity contribution in [2.45, 2.75) is 6.92 Å². The van der Waals surface area contributed by atoms with Crippen molar-refractivity contribution in [1.29, 1.82) is 0 Å². The number of hydrogen-bond donors (Lipinski definition) is 2. The summed E-state index contributed by atoms with van der Waals surface area (Å²) in [4.78, 5) is 23.2. The molecule has 0 aliphatic carbocycles. The number of carbonyl (C=O) groups is 1. The van der Waals surface area contributed by atoms with Crippen LogP contribution in [0.2, 0.25) is 0 Å². The molecule has 2 aromatic heterocycles. The van der Waals surface area contributed by atoms with Crippen molar-refractivity contribution in [2.75, 3.05) is 5.73 Å². The number of pyridine rings is 1. The Morgan fingerprint density at radius 2 is 2.17 bits per heavy atom. The maximum absolute atomic E-state index is 11.0. The Morgan fingerprint density at radius 3 is 2.72 bits per heavy atom. The molecule has 0 fully saturated rings. The van der Waals surface area contributed by atoms with Gasteiger partial charge in [0.05, 0.1) is 5.69 Å². The van der Waals surface area contributed by atoms with Crippen LogP contribution in [0.5, 0.6) is 0 Å². The van der Waals surface area contributed by atoms with E-state index in [2.05, 4.69) is 30.9 Å². The maximum atomic E-state index is 11.0. The van der Waals surface area contributed by atoms with E-state index in [1.165, 1.54) is 0 Å². The molecule has 7 heteroatoms. The lowest BCUT2D eigenvalue weighted by Gasteiger charge is -2.07. The van der Waals surface area contributed by atoms with E-state index in [1.54, 1.807) is 25.3 Å². The van der Waals surface area contributed by atoms with Gasteiger partial charge in [0.15, 0.2) is 5.82 Å². The number of carboxylic acids is 1. The number of nitrogen functional groups attached to an aromatic ring is 1. The molecule has 0 unspecified atom stereocenters. The minimum atomic E-state index is -1.14. The SMILES string of the molecule is Cc1nc(-c2ncccc2Br)nc(N)c1C(=O)O. The van der Waals surface area contributed by atoms with Crippen LogP contribution in [0.15, 0.2) is 22.8 Å². The number of rotatable bonds is 2. The molecule has 2 heterocycles. The first kappa shape index (κ1) is 12.4. The summed E-state index contributed by atoms with van der Waals surface area (Å²) < 4.78 is 0.715. The molecular weight excluding hydrogens is 300 g/mol. The van der Waals surface area contributed by atoms with E-state index in [-0.39, 0.29) is 11.4 Å². The van der Waals surface area contributed by atoms with Gasteiger partial charge in [-0.3, -0.25) is 4.98 Å². The second kappa shape index (κ2) is 4.69. The van der Waals surface area contributed by atoms with Crippen molar-refractivity contribution < 1.29 is 9.90 Å². The summed E-state index contributed by atoms with van der Waals surface area (Å²) in [6, 6.07) is 3.55. The quantitative estimate of drug-likeness (QED) is 0.878. The van der Waals surface area contributed by atoms with Gasteiger partial charge in [0.25, 0.3) is 0 Å². The van der Waals surface area contributed by atoms with Crippen LogP contribution in [0, 0.1) is 6.92 Å². The van der Waals surface area contributed by atoms with Crippen molar-refractivity contribution in [3.63, 3.8) is 0 Å². The summed E-state index contributed by atoms with van der Waals surface area (Å²) in [6.07, 6.45) is 1.60. The number of hydrogen-bond acceptors (Lipinski definition) is 5. The topological polar surface area (TPSA) is 102 Å². The Bertz CT molecular complexity index is 607. The van der Waals surface area contributed by atoms with Crippen molar-refractivity contribution >= 4 is 27.7 Å². The van der Waals surface area contributed by atoms with E-state index in [9.17, 15) is 4.79 Å².